The summed E-state index contributed by atoms with van der Waals surface area (Å²) >= 11 is 1.04. The third-order valence-electron chi connectivity index (χ3n) is 2.07. The quantitative estimate of drug-likeness (QED) is 0.787. The van der Waals surface area contributed by atoms with E-state index in [0.29, 0.717) is 5.56 Å². The third kappa shape index (κ3) is 2.25. The van der Waals surface area contributed by atoms with Gasteiger partial charge in [0.05, 0.1) is 4.90 Å². The van der Waals surface area contributed by atoms with Crippen molar-refractivity contribution >= 4 is 11.8 Å². The Bertz CT molecular complexity index is 305. The Kier molecular flexibility index (Phi) is 3.89. The molecule has 0 fully saturated rings. The fourth-order valence-corrected chi connectivity index (χ4v) is 1.67. The van der Waals surface area contributed by atoms with Crippen LogP contribution in [0.3, 0.4) is 0 Å². The van der Waals surface area contributed by atoms with Crippen LogP contribution in [0.4, 0.5) is 8.78 Å². The van der Waals surface area contributed by atoms with Gasteiger partial charge in [0, 0.05) is 12.5 Å². The normalized spacial score (nSPS) is 12.9. The first-order valence-electron chi connectivity index (χ1n) is 4.24. The topological polar surface area (TPSA) is 20.2 Å². The first-order chi connectivity index (χ1) is 6.60. The molecule has 0 aliphatic rings. The van der Waals surface area contributed by atoms with Crippen LogP contribution in [0.1, 0.15) is 18.4 Å². The van der Waals surface area contributed by atoms with Gasteiger partial charge in [0.1, 0.15) is 11.6 Å². The van der Waals surface area contributed by atoms with Gasteiger partial charge in [0.25, 0.3) is 0 Å². The van der Waals surface area contributed by atoms with E-state index < -0.39 is 11.6 Å². The van der Waals surface area contributed by atoms with Crippen molar-refractivity contribution < 1.29 is 13.9 Å². The number of thioether (sulfide) groups is 1. The molecule has 1 nitrogen and oxygen atoms in total. The van der Waals surface area contributed by atoms with Crippen LogP contribution in [0.25, 0.3) is 0 Å². The van der Waals surface area contributed by atoms with E-state index in [-0.39, 0.29) is 17.4 Å². The van der Waals surface area contributed by atoms with Crippen LogP contribution in [0.5, 0.6) is 0 Å². The summed E-state index contributed by atoms with van der Waals surface area (Å²) in [5.74, 6) is -1.37. The molecule has 0 aliphatic heterocycles. The molecule has 0 saturated carbocycles. The maximum Gasteiger partial charge on any atom is 0.140 e. The average molecular weight is 218 g/mol. The van der Waals surface area contributed by atoms with Crippen molar-refractivity contribution in [1.29, 1.82) is 0 Å². The Hall–Kier alpha value is -0.610. The van der Waals surface area contributed by atoms with Crippen LogP contribution in [0.15, 0.2) is 17.0 Å². The average Bonchev–Trinajstić information content (AvgIpc) is 2.16. The first kappa shape index (κ1) is 11.5. The maximum atomic E-state index is 13.3. The summed E-state index contributed by atoms with van der Waals surface area (Å²) < 4.78 is 26.5. The summed E-state index contributed by atoms with van der Waals surface area (Å²) in [6, 6.07) is 2.55. The highest BCUT2D eigenvalue weighted by Gasteiger charge is 2.13. The second-order valence-corrected chi connectivity index (χ2v) is 3.92. The van der Waals surface area contributed by atoms with Crippen molar-refractivity contribution in [2.75, 3.05) is 12.9 Å². The molecule has 0 amide bonds. The third-order valence-corrected chi connectivity index (χ3v) is 2.87. The molecule has 0 bridgehead atoms. The van der Waals surface area contributed by atoms with Gasteiger partial charge >= 0.3 is 0 Å². The van der Waals surface area contributed by atoms with E-state index in [1.54, 1.807) is 13.2 Å². The standard InChI is InChI=1S/C10H12F2OS/c1-6(5-13)7-3-8(11)10(14-2)9(12)4-7/h3-4,6,13H,5H2,1-2H3. The highest BCUT2D eigenvalue weighted by molar-refractivity contribution is 7.98. The van der Waals surface area contributed by atoms with Gasteiger partial charge < -0.3 is 5.11 Å². The summed E-state index contributed by atoms with van der Waals surface area (Å²) in [6.45, 7) is 1.60. The van der Waals surface area contributed by atoms with E-state index in [1.807, 2.05) is 0 Å². The highest BCUT2D eigenvalue weighted by atomic mass is 32.2. The summed E-state index contributed by atoms with van der Waals surface area (Å²) in [7, 11) is 0. The van der Waals surface area contributed by atoms with Crippen LogP contribution in [-0.4, -0.2) is 18.0 Å². The van der Waals surface area contributed by atoms with Crippen molar-refractivity contribution in [3.8, 4) is 0 Å². The minimum absolute atomic E-state index is 0.0267. The molecule has 14 heavy (non-hydrogen) atoms. The molecule has 1 aromatic carbocycles. The van der Waals surface area contributed by atoms with Crippen LogP contribution < -0.4 is 0 Å². The van der Waals surface area contributed by atoms with Gasteiger partial charge in [-0.1, -0.05) is 6.92 Å². The van der Waals surface area contributed by atoms with E-state index >= 15 is 0 Å². The zero-order valence-electron chi connectivity index (χ0n) is 8.05. The Morgan fingerprint density at radius 2 is 1.86 bits per heavy atom. The number of hydrogen-bond donors (Lipinski definition) is 1. The molecule has 0 radical (unpaired) electrons. The molecule has 0 aromatic heterocycles. The number of rotatable bonds is 3. The molecule has 4 heteroatoms. The molecule has 0 spiro atoms. The zero-order chi connectivity index (χ0) is 10.7. The Labute approximate surface area is 86.1 Å². The minimum Gasteiger partial charge on any atom is -0.396 e. The molecule has 1 rings (SSSR count). The molecule has 0 aliphatic carbocycles. The Morgan fingerprint density at radius 3 is 2.21 bits per heavy atom. The van der Waals surface area contributed by atoms with E-state index in [1.165, 1.54) is 12.1 Å². The van der Waals surface area contributed by atoms with E-state index in [9.17, 15) is 8.78 Å². The van der Waals surface area contributed by atoms with Gasteiger partial charge in [-0.2, -0.15) is 0 Å². The van der Waals surface area contributed by atoms with Gasteiger partial charge in [-0.25, -0.2) is 8.78 Å². The van der Waals surface area contributed by atoms with Gasteiger partial charge in [0.15, 0.2) is 0 Å². The lowest BCUT2D eigenvalue weighted by Crippen LogP contribution is -2.01. The second-order valence-electron chi connectivity index (χ2n) is 3.10. The van der Waals surface area contributed by atoms with Crippen LogP contribution >= 0.6 is 11.8 Å². The van der Waals surface area contributed by atoms with Crippen molar-refractivity contribution in [1.82, 2.24) is 0 Å². The van der Waals surface area contributed by atoms with E-state index in [4.69, 9.17) is 5.11 Å². The van der Waals surface area contributed by atoms with Gasteiger partial charge in [-0.3, -0.25) is 0 Å². The Balaban J connectivity index is 3.13. The van der Waals surface area contributed by atoms with Crippen LogP contribution in [-0.2, 0) is 0 Å². The highest BCUT2D eigenvalue weighted by Crippen LogP contribution is 2.27. The van der Waals surface area contributed by atoms with Crippen molar-refractivity contribution in [3.05, 3.63) is 29.3 Å². The van der Waals surface area contributed by atoms with Crippen molar-refractivity contribution in [3.63, 3.8) is 0 Å². The number of aliphatic hydroxyl groups excluding tert-OH is 1. The van der Waals surface area contributed by atoms with E-state index in [2.05, 4.69) is 0 Å². The minimum atomic E-state index is -0.562. The predicted octanol–water partition coefficient (Wildman–Crippen LogP) is 2.78. The molecule has 1 N–H and O–H groups in total. The van der Waals surface area contributed by atoms with Gasteiger partial charge in [0.2, 0.25) is 0 Å². The number of halogens is 2. The Morgan fingerprint density at radius 1 is 1.36 bits per heavy atom. The maximum absolute atomic E-state index is 13.3. The SMILES string of the molecule is CSc1c(F)cc(C(C)CO)cc1F. The van der Waals surface area contributed by atoms with E-state index in [0.717, 1.165) is 11.8 Å². The molecular formula is C10H12F2OS. The lowest BCUT2D eigenvalue weighted by molar-refractivity contribution is 0.272. The second kappa shape index (κ2) is 4.75. The lowest BCUT2D eigenvalue weighted by atomic mass is 10.0. The lowest BCUT2D eigenvalue weighted by Gasteiger charge is -2.10. The first-order valence-corrected chi connectivity index (χ1v) is 5.46. The molecule has 0 heterocycles. The summed E-state index contributed by atoms with van der Waals surface area (Å²) in [5, 5.41) is 8.85. The molecule has 1 unspecified atom stereocenters. The largest absolute Gasteiger partial charge is 0.396 e. The monoisotopic (exact) mass is 218 g/mol. The number of benzene rings is 1. The van der Waals surface area contributed by atoms with Crippen molar-refractivity contribution in [2.24, 2.45) is 0 Å². The van der Waals surface area contributed by atoms with Crippen LogP contribution in [0.2, 0.25) is 0 Å². The van der Waals surface area contributed by atoms with Gasteiger partial charge in [-0.15, -0.1) is 11.8 Å². The fourth-order valence-electron chi connectivity index (χ4n) is 1.16. The molecular weight excluding hydrogens is 206 g/mol. The number of aliphatic hydroxyl groups is 1. The van der Waals surface area contributed by atoms with Crippen LogP contribution in [0, 0.1) is 11.6 Å². The number of hydrogen-bond acceptors (Lipinski definition) is 2. The molecule has 0 saturated heterocycles. The predicted molar refractivity (Wildman–Crippen MR) is 53.6 cm³/mol. The fraction of sp³-hybridized carbons (Fsp3) is 0.400. The summed E-state index contributed by atoms with van der Waals surface area (Å²) in [5.41, 5.74) is 0.486. The summed E-state index contributed by atoms with van der Waals surface area (Å²) in [6.07, 6.45) is 1.62. The molecule has 78 valence electrons. The molecule has 1 atom stereocenters. The molecule has 1 aromatic rings. The smallest absolute Gasteiger partial charge is 0.140 e. The van der Waals surface area contributed by atoms with Gasteiger partial charge in [-0.05, 0) is 24.0 Å². The summed E-state index contributed by atoms with van der Waals surface area (Å²) in [4.78, 5) is 0.0267. The zero-order valence-corrected chi connectivity index (χ0v) is 8.87. The van der Waals surface area contributed by atoms with Crippen molar-refractivity contribution in [2.45, 2.75) is 17.7 Å².